The highest BCUT2D eigenvalue weighted by molar-refractivity contribution is 5.94. The topological polar surface area (TPSA) is 66.4 Å². The number of aromatic carboxylic acids is 1. The van der Waals surface area contributed by atoms with Crippen molar-refractivity contribution in [2.75, 3.05) is 5.32 Å². The Hall–Kier alpha value is -1.84. The number of nitrogens with one attached hydrogen (secondary N) is 1. The van der Waals surface area contributed by atoms with Crippen LogP contribution in [0.3, 0.4) is 0 Å². The molecule has 4 nitrogen and oxygen atoms in total. The van der Waals surface area contributed by atoms with Gasteiger partial charge in [-0.2, -0.15) is 0 Å². The van der Waals surface area contributed by atoms with Gasteiger partial charge < -0.3 is 10.4 Å². The van der Waals surface area contributed by atoms with Crippen molar-refractivity contribution in [3.05, 3.63) is 29.3 Å². The van der Waals surface area contributed by atoms with E-state index in [1.807, 2.05) is 0 Å². The van der Waals surface area contributed by atoms with E-state index in [0.29, 0.717) is 23.6 Å². The van der Waals surface area contributed by atoms with E-state index in [0.717, 1.165) is 12.8 Å². The first kappa shape index (κ1) is 15.5. The molecule has 1 amide bonds. The van der Waals surface area contributed by atoms with Crippen molar-refractivity contribution in [1.29, 1.82) is 0 Å². The molecule has 0 bridgehead atoms. The van der Waals surface area contributed by atoms with Gasteiger partial charge in [-0.1, -0.05) is 31.7 Å². The van der Waals surface area contributed by atoms with E-state index in [4.69, 9.17) is 5.11 Å². The van der Waals surface area contributed by atoms with Crippen molar-refractivity contribution in [3.63, 3.8) is 0 Å². The number of anilines is 1. The normalized spacial score (nSPS) is 16.2. The van der Waals surface area contributed by atoms with Crippen molar-refractivity contribution >= 4 is 17.6 Å². The lowest BCUT2D eigenvalue weighted by Gasteiger charge is -2.14. The highest BCUT2D eigenvalue weighted by atomic mass is 16.4. The number of amides is 1. The average molecular weight is 289 g/mol. The SMILES string of the molecule is Cc1ccc(NC(=O)CC2CCCCCC2)cc1C(=O)O. The molecule has 1 saturated carbocycles. The Labute approximate surface area is 125 Å². The van der Waals surface area contributed by atoms with Gasteiger partial charge in [-0.05, 0) is 43.4 Å². The molecular formula is C17H23NO3. The second-order valence-electron chi connectivity index (χ2n) is 5.94. The van der Waals surface area contributed by atoms with Gasteiger partial charge in [0.15, 0.2) is 0 Å². The minimum absolute atomic E-state index is 0.0120. The Morgan fingerprint density at radius 1 is 1.19 bits per heavy atom. The number of hydrogen-bond acceptors (Lipinski definition) is 2. The van der Waals surface area contributed by atoms with Crippen molar-refractivity contribution < 1.29 is 14.7 Å². The molecule has 0 saturated heterocycles. The van der Waals surface area contributed by atoms with Crippen molar-refractivity contribution in [1.82, 2.24) is 0 Å². The maximum absolute atomic E-state index is 12.1. The molecule has 2 N–H and O–H groups in total. The van der Waals surface area contributed by atoms with Gasteiger partial charge in [0.1, 0.15) is 0 Å². The van der Waals surface area contributed by atoms with E-state index in [-0.39, 0.29) is 11.5 Å². The number of rotatable bonds is 4. The molecular weight excluding hydrogens is 266 g/mol. The van der Waals surface area contributed by atoms with Crippen LogP contribution in [0.1, 0.15) is 60.9 Å². The third kappa shape index (κ3) is 4.59. The molecule has 1 aromatic carbocycles. The zero-order valence-corrected chi connectivity index (χ0v) is 12.5. The van der Waals surface area contributed by atoms with Crippen LogP contribution in [0.2, 0.25) is 0 Å². The molecule has 2 rings (SSSR count). The third-order valence-electron chi connectivity index (χ3n) is 4.20. The number of benzene rings is 1. The Morgan fingerprint density at radius 2 is 1.86 bits per heavy atom. The third-order valence-corrected chi connectivity index (χ3v) is 4.20. The second kappa shape index (κ2) is 7.25. The Morgan fingerprint density at radius 3 is 2.48 bits per heavy atom. The lowest BCUT2D eigenvalue weighted by atomic mass is 9.96. The summed E-state index contributed by atoms with van der Waals surface area (Å²) in [7, 11) is 0. The van der Waals surface area contributed by atoms with Crippen molar-refractivity contribution in [2.45, 2.75) is 51.9 Å². The van der Waals surface area contributed by atoms with Crippen molar-refractivity contribution in [3.8, 4) is 0 Å². The van der Waals surface area contributed by atoms with Gasteiger partial charge in [0.25, 0.3) is 0 Å². The first-order valence-corrected chi connectivity index (χ1v) is 7.70. The molecule has 0 spiro atoms. The molecule has 0 atom stereocenters. The first-order chi connectivity index (χ1) is 10.1. The van der Waals surface area contributed by atoms with Crippen LogP contribution < -0.4 is 5.32 Å². The van der Waals surface area contributed by atoms with Gasteiger partial charge in [-0.25, -0.2) is 4.79 Å². The Balaban J connectivity index is 1.95. The lowest BCUT2D eigenvalue weighted by Crippen LogP contribution is -2.16. The maximum atomic E-state index is 12.1. The van der Waals surface area contributed by atoms with Crippen LogP contribution in [-0.4, -0.2) is 17.0 Å². The molecule has 21 heavy (non-hydrogen) atoms. The number of carboxylic acid groups (broad SMARTS) is 1. The molecule has 1 aliphatic rings. The van der Waals surface area contributed by atoms with Gasteiger partial charge in [0, 0.05) is 12.1 Å². The van der Waals surface area contributed by atoms with Crippen LogP contribution in [0, 0.1) is 12.8 Å². The fraction of sp³-hybridized carbons (Fsp3) is 0.529. The Bertz CT molecular complexity index is 517. The van der Waals surface area contributed by atoms with Gasteiger partial charge >= 0.3 is 5.97 Å². The summed E-state index contributed by atoms with van der Waals surface area (Å²) >= 11 is 0. The minimum Gasteiger partial charge on any atom is -0.478 e. The number of carboxylic acids is 1. The van der Waals surface area contributed by atoms with Crippen LogP contribution in [0.5, 0.6) is 0 Å². The van der Waals surface area contributed by atoms with Gasteiger partial charge in [-0.15, -0.1) is 0 Å². The van der Waals surface area contributed by atoms with E-state index in [2.05, 4.69) is 5.32 Å². The first-order valence-electron chi connectivity index (χ1n) is 7.70. The summed E-state index contributed by atoms with van der Waals surface area (Å²) in [5, 5.41) is 11.9. The smallest absolute Gasteiger partial charge is 0.336 e. The minimum atomic E-state index is -0.965. The number of carbonyl (C=O) groups excluding carboxylic acids is 1. The fourth-order valence-corrected chi connectivity index (χ4v) is 2.97. The standard InChI is InChI=1S/C17H23NO3/c1-12-8-9-14(11-15(12)17(20)21)18-16(19)10-13-6-4-2-3-5-7-13/h8-9,11,13H,2-7,10H2,1H3,(H,18,19)(H,20,21). The molecule has 0 unspecified atom stereocenters. The summed E-state index contributed by atoms with van der Waals surface area (Å²) in [5.74, 6) is -0.508. The quantitative estimate of drug-likeness (QED) is 0.823. The Kier molecular flexibility index (Phi) is 5.37. The van der Waals surface area contributed by atoms with E-state index < -0.39 is 5.97 Å². The van der Waals surface area contributed by atoms with E-state index in [9.17, 15) is 9.59 Å². The summed E-state index contributed by atoms with van der Waals surface area (Å²) in [4.78, 5) is 23.2. The fourth-order valence-electron chi connectivity index (χ4n) is 2.97. The van der Waals surface area contributed by atoms with Crippen LogP contribution in [0.25, 0.3) is 0 Å². The zero-order valence-electron chi connectivity index (χ0n) is 12.5. The molecule has 0 heterocycles. The maximum Gasteiger partial charge on any atom is 0.336 e. The van der Waals surface area contributed by atoms with Crippen LogP contribution >= 0.6 is 0 Å². The van der Waals surface area contributed by atoms with Gasteiger partial charge in [-0.3, -0.25) is 4.79 Å². The molecule has 4 heteroatoms. The van der Waals surface area contributed by atoms with Gasteiger partial charge in [0.05, 0.1) is 5.56 Å². The largest absolute Gasteiger partial charge is 0.478 e. The molecule has 0 radical (unpaired) electrons. The van der Waals surface area contributed by atoms with E-state index >= 15 is 0 Å². The summed E-state index contributed by atoms with van der Waals surface area (Å²) in [5.41, 5.74) is 1.50. The van der Waals surface area contributed by atoms with E-state index in [1.165, 1.54) is 31.7 Å². The molecule has 1 aromatic rings. The van der Waals surface area contributed by atoms with E-state index in [1.54, 1.807) is 19.1 Å². The summed E-state index contributed by atoms with van der Waals surface area (Å²) in [6.07, 6.45) is 7.77. The second-order valence-corrected chi connectivity index (χ2v) is 5.94. The van der Waals surface area contributed by atoms with Crippen LogP contribution in [0.15, 0.2) is 18.2 Å². The number of carbonyl (C=O) groups is 2. The highest BCUT2D eigenvalue weighted by Crippen LogP contribution is 2.26. The summed E-state index contributed by atoms with van der Waals surface area (Å²) in [6.45, 7) is 1.75. The highest BCUT2D eigenvalue weighted by Gasteiger charge is 2.16. The molecule has 114 valence electrons. The summed E-state index contributed by atoms with van der Waals surface area (Å²) in [6, 6.07) is 5.01. The molecule has 0 aliphatic heterocycles. The predicted octanol–water partition coefficient (Wildman–Crippen LogP) is 3.99. The lowest BCUT2D eigenvalue weighted by molar-refractivity contribution is -0.117. The monoisotopic (exact) mass is 289 g/mol. The van der Waals surface area contributed by atoms with Crippen LogP contribution in [-0.2, 0) is 4.79 Å². The average Bonchev–Trinajstić information content (AvgIpc) is 2.69. The van der Waals surface area contributed by atoms with Crippen molar-refractivity contribution in [2.24, 2.45) is 5.92 Å². The molecule has 0 aromatic heterocycles. The molecule has 1 fully saturated rings. The summed E-state index contributed by atoms with van der Waals surface area (Å²) < 4.78 is 0. The molecule has 1 aliphatic carbocycles. The van der Waals surface area contributed by atoms with Gasteiger partial charge in [0.2, 0.25) is 5.91 Å². The number of hydrogen-bond donors (Lipinski definition) is 2. The van der Waals surface area contributed by atoms with Crippen LogP contribution in [0.4, 0.5) is 5.69 Å². The zero-order chi connectivity index (χ0) is 15.2. The predicted molar refractivity (Wildman–Crippen MR) is 82.6 cm³/mol. The number of aryl methyl sites for hydroxylation is 1.